The van der Waals surface area contributed by atoms with Crippen LogP contribution in [0.1, 0.15) is 6.42 Å². The van der Waals surface area contributed by atoms with Crippen LogP contribution in [0.2, 0.25) is 0 Å². The molecule has 0 N–H and O–H groups in total. The Labute approximate surface area is 38.2 Å². The van der Waals surface area contributed by atoms with E-state index in [4.69, 9.17) is 0 Å². The Hall–Kier alpha value is -0.520. The van der Waals surface area contributed by atoms with Crippen LogP contribution in [0, 0.1) is 5.92 Å². The van der Waals surface area contributed by atoms with Crippen molar-refractivity contribution in [3.8, 4) is 0 Å². The first-order valence-corrected chi connectivity index (χ1v) is 2.22. The Balaban J connectivity index is 2.39. The van der Waals surface area contributed by atoms with Gasteiger partial charge in [-0.15, -0.1) is 6.58 Å². The first-order chi connectivity index (χ1) is 2.93. The second-order valence-electron chi connectivity index (χ2n) is 1.56. The molecule has 0 spiro atoms. The van der Waals surface area contributed by atoms with Crippen LogP contribution >= 0.6 is 0 Å². The second-order valence-corrected chi connectivity index (χ2v) is 1.56. The number of hydrogen-bond acceptors (Lipinski definition) is 0. The van der Waals surface area contributed by atoms with Gasteiger partial charge in [0.15, 0.2) is 0 Å². The molecule has 0 aromatic rings. The highest BCUT2D eigenvalue weighted by Crippen LogP contribution is 2.15. The lowest BCUT2D eigenvalue weighted by Gasteiger charge is -2.09. The molecule has 0 aromatic heterocycles. The zero-order chi connectivity index (χ0) is 4.41. The van der Waals surface area contributed by atoms with E-state index in [0.717, 1.165) is 0 Å². The lowest BCUT2D eigenvalue weighted by Crippen LogP contribution is -1.95. The molecule has 0 saturated heterocycles. The fourth-order valence-electron chi connectivity index (χ4n) is 0.468. The van der Waals surface area contributed by atoms with Crippen LogP contribution < -0.4 is 0 Å². The van der Waals surface area contributed by atoms with Crippen LogP contribution in [0.15, 0.2) is 24.8 Å². The van der Waals surface area contributed by atoms with E-state index in [1.165, 1.54) is 6.42 Å². The van der Waals surface area contributed by atoms with Crippen molar-refractivity contribution in [2.24, 2.45) is 5.92 Å². The maximum Gasteiger partial charge on any atom is -0.00216 e. The van der Waals surface area contributed by atoms with Gasteiger partial charge in [0.25, 0.3) is 0 Å². The highest BCUT2D eigenvalue weighted by Gasteiger charge is 2.01. The Morgan fingerprint density at radius 1 is 1.83 bits per heavy atom. The van der Waals surface area contributed by atoms with E-state index < -0.39 is 0 Å². The minimum absolute atomic E-state index is 0.699. The van der Waals surface area contributed by atoms with Crippen LogP contribution in [0.5, 0.6) is 0 Å². The summed E-state index contributed by atoms with van der Waals surface area (Å²) in [5.41, 5.74) is 0. The van der Waals surface area contributed by atoms with Gasteiger partial charge in [-0.3, -0.25) is 0 Å². The first kappa shape index (κ1) is 3.66. The molecule has 0 aromatic carbocycles. The fraction of sp³-hybridized carbons (Fsp3) is 0.333. The van der Waals surface area contributed by atoms with Crippen LogP contribution in [0.3, 0.4) is 0 Å². The fourth-order valence-corrected chi connectivity index (χ4v) is 0.468. The molecule has 0 heteroatoms. The molecule has 1 rings (SSSR count). The van der Waals surface area contributed by atoms with Crippen molar-refractivity contribution in [1.82, 2.24) is 0 Å². The van der Waals surface area contributed by atoms with Gasteiger partial charge in [0, 0.05) is 0 Å². The van der Waals surface area contributed by atoms with E-state index >= 15 is 0 Å². The normalized spacial score (nSPS) is 29.0. The van der Waals surface area contributed by atoms with Gasteiger partial charge in [0.05, 0.1) is 0 Å². The monoisotopic (exact) mass is 80.1 g/mol. The Bertz CT molecular complexity index is 80.0. The predicted octanol–water partition coefficient (Wildman–Crippen LogP) is 1.75. The summed E-state index contributed by atoms with van der Waals surface area (Å²) in [5, 5.41) is 0. The Morgan fingerprint density at radius 3 is 2.50 bits per heavy atom. The van der Waals surface area contributed by atoms with Crippen molar-refractivity contribution in [1.29, 1.82) is 0 Å². The summed E-state index contributed by atoms with van der Waals surface area (Å²) in [7, 11) is 0. The summed E-state index contributed by atoms with van der Waals surface area (Å²) in [6, 6.07) is 0. The highest BCUT2D eigenvalue weighted by molar-refractivity contribution is 5.08. The predicted molar refractivity (Wildman–Crippen MR) is 27.4 cm³/mol. The molecule has 1 unspecified atom stereocenters. The lowest BCUT2D eigenvalue weighted by atomic mass is 9.96. The quantitative estimate of drug-likeness (QED) is 0.421. The Morgan fingerprint density at radius 2 is 2.50 bits per heavy atom. The van der Waals surface area contributed by atoms with E-state index in [1.54, 1.807) is 0 Å². The third kappa shape index (κ3) is 0.383. The first-order valence-electron chi connectivity index (χ1n) is 2.22. The Kier molecular flexibility index (Phi) is 0.789. The van der Waals surface area contributed by atoms with Gasteiger partial charge >= 0.3 is 0 Å². The summed E-state index contributed by atoms with van der Waals surface area (Å²) in [6.07, 6.45) is 7.50. The third-order valence-electron chi connectivity index (χ3n) is 1.09. The largest absolute Gasteiger partial charge is 0.102 e. The number of hydrogen-bond donors (Lipinski definition) is 0. The minimum Gasteiger partial charge on any atom is -0.102 e. The maximum atomic E-state index is 3.63. The average Bonchev–Trinajstić information content (AvgIpc) is 1.31. The molecule has 0 heterocycles. The number of allylic oxidation sites excluding steroid dienone is 3. The van der Waals surface area contributed by atoms with E-state index in [9.17, 15) is 0 Å². The molecule has 0 aliphatic heterocycles. The molecule has 0 bridgehead atoms. The topological polar surface area (TPSA) is 0 Å². The zero-order valence-electron chi connectivity index (χ0n) is 3.72. The van der Waals surface area contributed by atoms with E-state index in [2.05, 4.69) is 18.7 Å². The van der Waals surface area contributed by atoms with E-state index in [1.807, 2.05) is 6.08 Å². The van der Waals surface area contributed by atoms with Crippen LogP contribution in [-0.2, 0) is 0 Å². The molecule has 6 heavy (non-hydrogen) atoms. The molecule has 0 fully saturated rings. The molecule has 1 aliphatic carbocycles. The van der Waals surface area contributed by atoms with Gasteiger partial charge in [-0.25, -0.2) is 0 Å². The van der Waals surface area contributed by atoms with E-state index in [-0.39, 0.29) is 0 Å². The van der Waals surface area contributed by atoms with Crippen LogP contribution in [-0.4, -0.2) is 0 Å². The SMILES string of the molecule is C=CC1C=CC1. The van der Waals surface area contributed by atoms with Crippen molar-refractivity contribution < 1.29 is 0 Å². The molecule has 0 amide bonds. The highest BCUT2D eigenvalue weighted by atomic mass is 14.1. The minimum atomic E-state index is 0.699. The van der Waals surface area contributed by atoms with Gasteiger partial charge in [-0.2, -0.15) is 0 Å². The molecular weight excluding hydrogens is 72.1 g/mol. The molecule has 1 aliphatic rings. The molecule has 0 nitrogen and oxygen atoms in total. The van der Waals surface area contributed by atoms with Gasteiger partial charge in [0.2, 0.25) is 0 Å². The summed E-state index contributed by atoms with van der Waals surface area (Å²) in [6.45, 7) is 3.63. The second kappa shape index (κ2) is 1.29. The third-order valence-corrected chi connectivity index (χ3v) is 1.09. The zero-order valence-corrected chi connectivity index (χ0v) is 3.72. The van der Waals surface area contributed by atoms with Crippen molar-refractivity contribution in [3.63, 3.8) is 0 Å². The van der Waals surface area contributed by atoms with Gasteiger partial charge in [-0.05, 0) is 12.3 Å². The molecule has 32 valence electrons. The standard InChI is InChI=1S/C6H8/c1-2-6-4-3-5-6/h2-4,6H,1,5H2. The molecule has 1 atom stereocenters. The maximum absolute atomic E-state index is 3.63. The van der Waals surface area contributed by atoms with Crippen molar-refractivity contribution >= 4 is 0 Å². The number of rotatable bonds is 1. The lowest BCUT2D eigenvalue weighted by molar-refractivity contribution is 0.762. The van der Waals surface area contributed by atoms with E-state index in [0.29, 0.717) is 5.92 Å². The van der Waals surface area contributed by atoms with Crippen molar-refractivity contribution in [2.75, 3.05) is 0 Å². The smallest absolute Gasteiger partial charge is 0.00216 e. The van der Waals surface area contributed by atoms with Crippen molar-refractivity contribution in [3.05, 3.63) is 24.8 Å². The molecule has 0 saturated carbocycles. The summed E-state index contributed by atoms with van der Waals surface area (Å²) in [4.78, 5) is 0. The summed E-state index contributed by atoms with van der Waals surface area (Å²) < 4.78 is 0. The summed E-state index contributed by atoms with van der Waals surface area (Å²) >= 11 is 0. The molecule has 0 radical (unpaired) electrons. The summed E-state index contributed by atoms with van der Waals surface area (Å²) in [5.74, 6) is 0.699. The van der Waals surface area contributed by atoms with Crippen LogP contribution in [0.25, 0.3) is 0 Å². The molecular formula is C6H8. The van der Waals surface area contributed by atoms with Gasteiger partial charge < -0.3 is 0 Å². The average molecular weight is 80.1 g/mol. The van der Waals surface area contributed by atoms with Crippen molar-refractivity contribution in [2.45, 2.75) is 6.42 Å². The van der Waals surface area contributed by atoms with Gasteiger partial charge in [-0.1, -0.05) is 18.2 Å². The van der Waals surface area contributed by atoms with Crippen LogP contribution in [0.4, 0.5) is 0 Å². The van der Waals surface area contributed by atoms with Gasteiger partial charge in [0.1, 0.15) is 0 Å².